The maximum absolute atomic E-state index is 12.9. The molecule has 0 N–H and O–H groups in total. The summed E-state index contributed by atoms with van der Waals surface area (Å²) in [5.74, 6) is 0. The molecule has 0 spiro atoms. The highest BCUT2D eigenvalue weighted by atomic mass is 35.5. The molecule has 1 heterocycles. The molecule has 0 amide bonds. The maximum atomic E-state index is 12.9. The third-order valence-corrected chi connectivity index (χ3v) is 4.11. The Labute approximate surface area is 158 Å². The number of halogens is 7. The van der Waals surface area contributed by atoms with E-state index >= 15 is 0 Å². The van der Waals surface area contributed by atoms with Gasteiger partial charge in [-0.05, 0) is 35.9 Å². The summed E-state index contributed by atoms with van der Waals surface area (Å²) in [6, 6.07) is 7.73. The Morgan fingerprint density at radius 2 is 1.43 bits per heavy atom. The molecular weight excluding hydrogens is 410 g/mol. The molecule has 0 saturated heterocycles. The van der Waals surface area contributed by atoms with Gasteiger partial charge in [0.25, 0.3) is 5.56 Å². The van der Waals surface area contributed by atoms with Crippen molar-refractivity contribution in [2.24, 2.45) is 0 Å². The highest BCUT2D eigenvalue weighted by Gasteiger charge is 2.32. The van der Waals surface area contributed by atoms with Crippen molar-refractivity contribution in [1.82, 2.24) is 9.78 Å². The van der Waals surface area contributed by atoms with Crippen LogP contribution in [-0.2, 0) is 12.4 Å². The standard InChI is InChI=1S/C18H9ClF6N2O/c19-14-9-26-27(13-6-2-5-12(8-13)18(23,24)25)16(28)15(14)10-3-1-4-11(7-10)17(20,21)22/h1-9H. The fourth-order valence-electron chi connectivity index (χ4n) is 2.54. The molecule has 0 saturated carbocycles. The first-order valence-electron chi connectivity index (χ1n) is 7.61. The summed E-state index contributed by atoms with van der Waals surface area (Å²) >= 11 is 5.96. The van der Waals surface area contributed by atoms with E-state index in [0.717, 1.165) is 36.5 Å². The molecule has 1 aromatic heterocycles. The molecule has 0 aliphatic carbocycles. The predicted octanol–water partition coefficient (Wildman–Crippen LogP) is 5.59. The van der Waals surface area contributed by atoms with E-state index in [1.165, 1.54) is 12.1 Å². The average molecular weight is 419 g/mol. The molecule has 0 atom stereocenters. The van der Waals surface area contributed by atoms with Crippen molar-refractivity contribution >= 4 is 11.6 Å². The quantitative estimate of drug-likeness (QED) is 0.508. The van der Waals surface area contributed by atoms with E-state index in [1.807, 2.05) is 0 Å². The van der Waals surface area contributed by atoms with E-state index in [-0.39, 0.29) is 21.8 Å². The third-order valence-electron chi connectivity index (χ3n) is 3.83. The molecule has 0 aliphatic rings. The van der Waals surface area contributed by atoms with Gasteiger partial charge in [0.2, 0.25) is 0 Å². The van der Waals surface area contributed by atoms with Crippen LogP contribution in [0.5, 0.6) is 0 Å². The summed E-state index contributed by atoms with van der Waals surface area (Å²) in [6.45, 7) is 0. The Kier molecular flexibility index (Phi) is 4.97. The first kappa shape index (κ1) is 19.9. The molecule has 28 heavy (non-hydrogen) atoms. The molecule has 0 aliphatic heterocycles. The molecule has 0 fully saturated rings. The van der Waals surface area contributed by atoms with Crippen LogP contribution in [0.1, 0.15) is 11.1 Å². The fourth-order valence-corrected chi connectivity index (χ4v) is 2.78. The number of benzene rings is 2. The first-order chi connectivity index (χ1) is 13.0. The van der Waals surface area contributed by atoms with Crippen LogP contribution in [0.25, 0.3) is 16.8 Å². The normalized spacial score (nSPS) is 12.2. The highest BCUT2D eigenvalue weighted by Crippen LogP contribution is 2.33. The Morgan fingerprint density at radius 3 is 2.04 bits per heavy atom. The zero-order chi connectivity index (χ0) is 20.7. The molecular formula is C18H9ClF6N2O. The van der Waals surface area contributed by atoms with Crippen LogP contribution in [0.4, 0.5) is 26.3 Å². The van der Waals surface area contributed by atoms with Crippen LogP contribution in [0.15, 0.2) is 59.5 Å². The van der Waals surface area contributed by atoms with Crippen molar-refractivity contribution < 1.29 is 26.3 Å². The second-order valence-electron chi connectivity index (χ2n) is 5.71. The summed E-state index contributed by atoms with van der Waals surface area (Å²) in [6.07, 6.45) is -8.30. The van der Waals surface area contributed by atoms with Crippen LogP contribution in [0.3, 0.4) is 0 Å². The van der Waals surface area contributed by atoms with E-state index in [1.54, 1.807) is 0 Å². The fraction of sp³-hybridized carbons (Fsp3) is 0.111. The summed E-state index contributed by atoms with van der Waals surface area (Å²) in [5.41, 5.74) is -3.60. The second kappa shape index (κ2) is 6.97. The van der Waals surface area contributed by atoms with Crippen molar-refractivity contribution in [2.45, 2.75) is 12.4 Å². The molecule has 2 aromatic carbocycles. The average Bonchev–Trinajstić information content (AvgIpc) is 2.61. The lowest BCUT2D eigenvalue weighted by atomic mass is 10.0. The van der Waals surface area contributed by atoms with E-state index in [2.05, 4.69) is 5.10 Å². The van der Waals surface area contributed by atoms with E-state index < -0.39 is 29.0 Å². The number of nitrogens with zero attached hydrogens (tertiary/aromatic N) is 2. The Hall–Kier alpha value is -2.81. The zero-order valence-corrected chi connectivity index (χ0v) is 14.4. The van der Waals surface area contributed by atoms with Gasteiger partial charge in [0.05, 0.1) is 33.6 Å². The minimum atomic E-state index is -4.64. The first-order valence-corrected chi connectivity index (χ1v) is 7.99. The summed E-state index contributed by atoms with van der Waals surface area (Å²) < 4.78 is 78.2. The van der Waals surface area contributed by atoms with Gasteiger partial charge in [0.15, 0.2) is 0 Å². The lowest BCUT2D eigenvalue weighted by molar-refractivity contribution is -0.138. The van der Waals surface area contributed by atoms with Crippen LogP contribution in [0.2, 0.25) is 5.02 Å². The SMILES string of the molecule is O=c1c(-c2cccc(C(F)(F)F)c2)c(Cl)cnn1-c1cccc(C(F)(F)F)c1. The highest BCUT2D eigenvalue weighted by molar-refractivity contribution is 6.33. The summed E-state index contributed by atoms with van der Waals surface area (Å²) in [7, 11) is 0. The molecule has 3 nitrogen and oxygen atoms in total. The molecule has 146 valence electrons. The van der Waals surface area contributed by atoms with Crippen molar-refractivity contribution in [2.75, 3.05) is 0 Å². The monoisotopic (exact) mass is 418 g/mol. The topological polar surface area (TPSA) is 34.9 Å². The van der Waals surface area contributed by atoms with Gasteiger partial charge in [-0.3, -0.25) is 4.79 Å². The van der Waals surface area contributed by atoms with Crippen molar-refractivity contribution in [3.8, 4) is 16.8 Å². The van der Waals surface area contributed by atoms with E-state index in [9.17, 15) is 31.1 Å². The summed E-state index contributed by atoms with van der Waals surface area (Å²) in [5, 5.41) is 3.48. The molecule has 0 radical (unpaired) electrons. The predicted molar refractivity (Wildman–Crippen MR) is 90.3 cm³/mol. The van der Waals surface area contributed by atoms with Crippen LogP contribution < -0.4 is 5.56 Å². The summed E-state index contributed by atoms with van der Waals surface area (Å²) in [4.78, 5) is 12.8. The van der Waals surface area contributed by atoms with Crippen LogP contribution >= 0.6 is 11.6 Å². The molecule has 0 bridgehead atoms. The van der Waals surface area contributed by atoms with Gasteiger partial charge in [-0.25, -0.2) is 0 Å². The van der Waals surface area contributed by atoms with Gasteiger partial charge in [-0.2, -0.15) is 36.1 Å². The Bertz CT molecular complexity index is 1090. The lowest BCUT2D eigenvalue weighted by Gasteiger charge is -2.12. The van der Waals surface area contributed by atoms with Gasteiger partial charge < -0.3 is 0 Å². The van der Waals surface area contributed by atoms with Gasteiger partial charge in [0, 0.05) is 0 Å². The van der Waals surface area contributed by atoms with Crippen LogP contribution in [-0.4, -0.2) is 9.78 Å². The van der Waals surface area contributed by atoms with Crippen molar-refractivity contribution in [3.05, 3.63) is 81.2 Å². The van der Waals surface area contributed by atoms with Crippen LogP contribution in [0, 0.1) is 0 Å². The Balaban J connectivity index is 2.19. The zero-order valence-electron chi connectivity index (χ0n) is 13.6. The van der Waals surface area contributed by atoms with Gasteiger partial charge in [-0.1, -0.05) is 29.8 Å². The maximum Gasteiger partial charge on any atom is 0.416 e. The number of hydrogen-bond acceptors (Lipinski definition) is 2. The van der Waals surface area contributed by atoms with Gasteiger partial charge in [-0.15, -0.1) is 0 Å². The van der Waals surface area contributed by atoms with Gasteiger partial charge >= 0.3 is 12.4 Å². The molecule has 3 aromatic rings. The van der Waals surface area contributed by atoms with E-state index in [0.29, 0.717) is 10.7 Å². The number of aromatic nitrogens is 2. The molecule has 0 unspecified atom stereocenters. The van der Waals surface area contributed by atoms with E-state index in [4.69, 9.17) is 11.6 Å². The third kappa shape index (κ3) is 3.89. The van der Waals surface area contributed by atoms with Crippen molar-refractivity contribution in [3.63, 3.8) is 0 Å². The lowest BCUT2D eigenvalue weighted by Crippen LogP contribution is -2.23. The molecule has 3 rings (SSSR count). The number of alkyl halides is 6. The number of hydrogen-bond donors (Lipinski definition) is 0. The molecule has 10 heteroatoms. The minimum absolute atomic E-state index is 0.132. The van der Waals surface area contributed by atoms with Crippen molar-refractivity contribution in [1.29, 1.82) is 0 Å². The minimum Gasteiger partial charge on any atom is -0.267 e. The second-order valence-corrected chi connectivity index (χ2v) is 6.12. The Morgan fingerprint density at radius 1 is 0.857 bits per heavy atom. The largest absolute Gasteiger partial charge is 0.416 e. The van der Waals surface area contributed by atoms with Gasteiger partial charge in [0.1, 0.15) is 0 Å². The smallest absolute Gasteiger partial charge is 0.267 e. The number of rotatable bonds is 2.